The molecule has 0 saturated heterocycles. The van der Waals surface area contributed by atoms with E-state index in [1.165, 1.54) is 0 Å². The van der Waals surface area contributed by atoms with Crippen LogP contribution in [0.5, 0.6) is 17.2 Å². The molecule has 4 aromatic carbocycles. The number of anilines is 1. The van der Waals surface area contributed by atoms with Crippen LogP contribution in [0, 0.1) is 0 Å². The molecular formula is C30H19NO5. The second-order valence-electron chi connectivity index (χ2n) is 8.42. The molecule has 0 unspecified atom stereocenters. The number of imide groups is 1. The van der Waals surface area contributed by atoms with Gasteiger partial charge in [-0.3, -0.25) is 9.59 Å². The number of nitrogens with zero attached hydrogens (tertiary/aromatic N) is 1. The number of para-hydroxylation sites is 1. The first-order valence-electron chi connectivity index (χ1n) is 11.5. The Kier molecular flexibility index (Phi) is 5.19. The zero-order valence-corrected chi connectivity index (χ0v) is 19.0. The first kappa shape index (κ1) is 21.6. The van der Waals surface area contributed by atoms with Gasteiger partial charge in [0.25, 0.3) is 11.8 Å². The van der Waals surface area contributed by atoms with E-state index in [0.29, 0.717) is 51.4 Å². The number of ether oxygens (including phenoxy) is 2. The molecule has 0 saturated carbocycles. The summed E-state index contributed by atoms with van der Waals surface area (Å²) in [5.41, 5.74) is 1.69. The van der Waals surface area contributed by atoms with Gasteiger partial charge < -0.3 is 9.47 Å². The SMILES string of the molecule is O=C(Oc1ccc(N2C(=O)c3cccc4cc(Oc5ccccc5)cc(c34)C2=O)cc1)C1=CCC=C1. The quantitative estimate of drug-likeness (QED) is 0.195. The van der Waals surface area contributed by atoms with Crippen LogP contribution >= 0.6 is 0 Å². The molecule has 6 nitrogen and oxygen atoms in total. The second kappa shape index (κ2) is 8.67. The molecule has 6 rings (SSSR count). The number of carbonyl (C=O) groups is 3. The fraction of sp³-hybridized carbons (Fsp3) is 0.0333. The van der Waals surface area contributed by atoms with Gasteiger partial charge in [-0.15, -0.1) is 0 Å². The number of benzene rings is 4. The lowest BCUT2D eigenvalue weighted by Crippen LogP contribution is -2.40. The third-order valence-corrected chi connectivity index (χ3v) is 6.11. The first-order chi connectivity index (χ1) is 17.6. The minimum atomic E-state index is -0.451. The smallest absolute Gasteiger partial charge is 0.343 e. The van der Waals surface area contributed by atoms with Gasteiger partial charge in [0.2, 0.25) is 0 Å². The highest BCUT2D eigenvalue weighted by atomic mass is 16.5. The molecule has 2 aliphatic rings. The number of hydrogen-bond acceptors (Lipinski definition) is 5. The monoisotopic (exact) mass is 473 g/mol. The molecule has 4 aromatic rings. The number of amides is 2. The number of hydrogen-bond donors (Lipinski definition) is 0. The Morgan fingerprint density at radius 2 is 1.53 bits per heavy atom. The lowest BCUT2D eigenvalue weighted by atomic mass is 9.93. The maximum Gasteiger partial charge on any atom is 0.343 e. The van der Waals surface area contributed by atoms with Gasteiger partial charge in [-0.05, 0) is 66.4 Å². The van der Waals surface area contributed by atoms with Crippen molar-refractivity contribution in [2.45, 2.75) is 6.42 Å². The Balaban J connectivity index is 1.34. The molecule has 0 bridgehead atoms. The Morgan fingerprint density at radius 1 is 0.750 bits per heavy atom. The minimum absolute atomic E-state index is 0.322. The van der Waals surface area contributed by atoms with Gasteiger partial charge in [-0.25, -0.2) is 9.69 Å². The van der Waals surface area contributed by atoms with Gasteiger partial charge in [0.1, 0.15) is 17.2 Å². The Bertz CT molecular complexity index is 1600. The van der Waals surface area contributed by atoms with Crippen LogP contribution in [0.1, 0.15) is 27.1 Å². The van der Waals surface area contributed by atoms with Gasteiger partial charge in [0.15, 0.2) is 0 Å². The van der Waals surface area contributed by atoms with Crippen LogP contribution in [0.2, 0.25) is 0 Å². The Labute approximate surface area is 206 Å². The average Bonchev–Trinajstić information content (AvgIpc) is 3.44. The van der Waals surface area contributed by atoms with Crippen molar-refractivity contribution in [1.82, 2.24) is 0 Å². The van der Waals surface area contributed by atoms with Crippen molar-refractivity contribution in [3.8, 4) is 17.2 Å². The largest absolute Gasteiger partial charge is 0.457 e. The normalized spacial score (nSPS) is 14.2. The van der Waals surface area contributed by atoms with Crippen molar-refractivity contribution in [3.63, 3.8) is 0 Å². The molecule has 1 aliphatic heterocycles. The van der Waals surface area contributed by atoms with E-state index in [1.807, 2.05) is 48.5 Å². The van der Waals surface area contributed by atoms with Gasteiger partial charge >= 0.3 is 5.97 Å². The third-order valence-electron chi connectivity index (χ3n) is 6.11. The average molecular weight is 473 g/mol. The molecule has 0 fully saturated rings. The highest BCUT2D eigenvalue weighted by Crippen LogP contribution is 2.37. The molecule has 0 spiro atoms. The molecule has 1 aliphatic carbocycles. The molecule has 174 valence electrons. The van der Waals surface area contributed by atoms with Crippen LogP contribution in [0.25, 0.3) is 10.8 Å². The molecular weight excluding hydrogens is 454 g/mol. The lowest BCUT2D eigenvalue weighted by Gasteiger charge is -2.27. The van der Waals surface area contributed by atoms with E-state index >= 15 is 0 Å². The maximum absolute atomic E-state index is 13.6. The van der Waals surface area contributed by atoms with E-state index in [0.717, 1.165) is 10.3 Å². The maximum atomic E-state index is 13.6. The highest BCUT2D eigenvalue weighted by Gasteiger charge is 2.34. The number of allylic oxidation sites excluding steroid dienone is 2. The van der Waals surface area contributed by atoms with E-state index in [1.54, 1.807) is 54.6 Å². The Morgan fingerprint density at radius 3 is 2.28 bits per heavy atom. The van der Waals surface area contributed by atoms with Crippen molar-refractivity contribution in [1.29, 1.82) is 0 Å². The molecule has 0 N–H and O–H groups in total. The van der Waals surface area contributed by atoms with Crippen LogP contribution in [-0.4, -0.2) is 17.8 Å². The summed E-state index contributed by atoms with van der Waals surface area (Å²) in [5.74, 6) is 0.150. The molecule has 0 radical (unpaired) electrons. The van der Waals surface area contributed by atoms with Crippen LogP contribution < -0.4 is 14.4 Å². The van der Waals surface area contributed by atoms with Crippen LogP contribution in [0.3, 0.4) is 0 Å². The van der Waals surface area contributed by atoms with Gasteiger partial charge in [0.05, 0.1) is 16.8 Å². The van der Waals surface area contributed by atoms with Crippen LogP contribution in [0.4, 0.5) is 5.69 Å². The van der Waals surface area contributed by atoms with Crippen molar-refractivity contribution < 1.29 is 23.9 Å². The van der Waals surface area contributed by atoms with Crippen molar-refractivity contribution >= 4 is 34.2 Å². The van der Waals surface area contributed by atoms with E-state index in [4.69, 9.17) is 9.47 Å². The summed E-state index contributed by atoms with van der Waals surface area (Å²) in [5, 5.41) is 1.35. The molecule has 2 amide bonds. The lowest BCUT2D eigenvalue weighted by molar-refractivity contribution is -0.129. The molecule has 1 heterocycles. The number of rotatable bonds is 5. The fourth-order valence-electron chi connectivity index (χ4n) is 4.44. The van der Waals surface area contributed by atoms with Gasteiger partial charge in [-0.2, -0.15) is 0 Å². The molecule has 6 heteroatoms. The summed E-state index contributed by atoms with van der Waals surface area (Å²) >= 11 is 0. The number of esters is 1. The van der Waals surface area contributed by atoms with Gasteiger partial charge in [-0.1, -0.05) is 48.6 Å². The summed E-state index contributed by atoms with van der Waals surface area (Å²) in [6.45, 7) is 0. The summed E-state index contributed by atoms with van der Waals surface area (Å²) in [4.78, 5) is 40.4. The summed E-state index contributed by atoms with van der Waals surface area (Å²) < 4.78 is 11.4. The summed E-state index contributed by atoms with van der Waals surface area (Å²) in [6, 6.07) is 24.5. The molecule has 36 heavy (non-hydrogen) atoms. The van der Waals surface area contributed by atoms with E-state index < -0.39 is 17.8 Å². The fourth-order valence-corrected chi connectivity index (χ4v) is 4.44. The highest BCUT2D eigenvalue weighted by molar-refractivity contribution is 6.36. The summed E-state index contributed by atoms with van der Waals surface area (Å²) in [7, 11) is 0. The predicted octanol–water partition coefficient (Wildman–Crippen LogP) is 6.22. The second-order valence-corrected chi connectivity index (χ2v) is 8.42. The molecule has 0 atom stereocenters. The van der Waals surface area contributed by atoms with Crippen LogP contribution in [0.15, 0.2) is 109 Å². The Hall–Kier alpha value is -4.97. The predicted molar refractivity (Wildman–Crippen MR) is 136 cm³/mol. The van der Waals surface area contributed by atoms with E-state index in [9.17, 15) is 14.4 Å². The van der Waals surface area contributed by atoms with Crippen molar-refractivity contribution in [3.05, 3.63) is 120 Å². The van der Waals surface area contributed by atoms with E-state index in [2.05, 4.69) is 0 Å². The topological polar surface area (TPSA) is 72.9 Å². The molecule has 0 aromatic heterocycles. The standard InChI is InChI=1S/C30H19NO5/c32-28-25-12-6-9-20-17-24(35-22-10-2-1-3-11-22)18-26(27(20)25)29(33)31(28)21-13-15-23(16-14-21)36-30(34)19-7-4-5-8-19/h1-4,6-18H,5H2. The minimum Gasteiger partial charge on any atom is -0.457 e. The number of carbonyl (C=O) groups excluding carboxylic acids is 3. The zero-order chi connectivity index (χ0) is 24.6. The van der Waals surface area contributed by atoms with Crippen molar-refractivity contribution in [2.75, 3.05) is 4.90 Å². The third kappa shape index (κ3) is 3.75. The van der Waals surface area contributed by atoms with Crippen LogP contribution in [-0.2, 0) is 4.79 Å². The van der Waals surface area contributed by atoms with Gasteiger partial charge in [0, 0.05) is 10.9 Å². The summed E-state index contributed by atoms with van der Waals surface area (Å²) in [6.07, 6.45) is 6.09. The van der Waals surface area contributed by atoms with Crippen molar-refractivity contribution in [2.24, 2.45) is 0 Å². The van der Waals surface area contributed by atoms with E-state index in [-0.39, 0.29) is 0 Å². The zero-order valence-electron chi connectivity index (χ0n) is 19.0. The first-order valence-corrected chi connectivity index (χ1v) is 11.5.